The Labute approximate surface area is 172 Å². The van der Waals surface area contributed by atoms with Crippen LogP contribution in [0.1, 0.15) is 12.6 Å². The predicted octanol–water partition coefficient (Wildman–Crippen LogP) is 3.65. The Morgan fingerprint density at radius 1 is 1.10 bits per heavy atom. The number of nitrogen functional groups attached to an aromatic ring is 1. The lowest BCUT2D eigenvalue weighted by Crippen LogP contribution is -2.10. The molecule has 160 valence electrons. The van der Waals surface area contributed by atoms with Crippen molar-refractivity contribution in [1.82, 2.24) is 29.5 Å². The van der Waals surface area contributed by atoms with Crippen LogP contribution < -0.4 is 10.5 Å². The molecule has 0 aliphatic carbocycles. The highest BCUT2D eigenvalue weighted by atomic mass is 19.4. The van der Waals surface area contributed by atoms with Gasteiger partial charge in [-0.15, -0.1) is 0 Å². The number of benzene rings is 1. The number of rotatable bonds is 5. The molecule has 0 saturated heterocycles. The maximum absolute atomic E-state index is 13.8. The van der Waals surface area contributed by atoms with E-state index in [2.05, 4.69) is 20.2 Å². The molecule has 0 aliphatic rings. The van der Waals surface area contributed by atoms with Gasteiger partial charge >= 0.3 is 6.18 Å². The van der Waals surface area contributed by atoms with Gasteiger partial charge in [-0.3, -0.25) is 0 Å². The van der Waals surface area contributed by atoms with E-state index in [1.165, 1.54) is 53.7 Å². The Morgan fingerprint density at radius 2 is 1.81 bits per heavy atom. The lowest BCUT2D eigenvalue weighted by atomic mass is 10.1. The largest absolute Gasteiger partial charge is 0.475 e. The quantitative estimate of drug-likeness (QED) is 0.483. The molecule has 2 N–H and O–H groups in total. The lowest BCUT2D eigenvalue weighted by molar-refractivity contribution is -0.140. The van der Waals surface area contributed by atoms with Gasteiger partial charge in [-0.2, -0.15) is 28.1 Å². The van der Waals surface area contributed by atoms with E-state index in [4.69, 9.17) is 10.5 Å². The van der Waals surface area contributed by atoms with Crippen LogP contribution in [0.5, 0.6) is 5.88 Å². The third-order valence-corrected chi connectivity index (χ3v) is 4.28. The smallest absolute Gasteiger partial charge is 0.435 e. The minimum Gasteiger partial charge on any atom is -0.475 e. The molecule has 4 rings (SSSR count). The molecule has 1 aromatic carbocycles. The third-order valence-electron chi connectivity index (χ3n) is 4.28. The Balaban J connectivity index is 1.86. The van der Waals surface area contributed by atoms with Gasteiger partial charge in [-0.1, -0.05) is 0 Å². The van der Waals surface area contributed by atoms with E-state index in [0.717, 1.165) is 4.68 Å². The monoisotopic (exact) mass is 433 g/mol. The highest BCUT2D eigenvalue weighted by molar-refractivity contribution is 5.77. The van der Waals surface area contributed by atoms with Crippen molar-refractivity contribution in [1.29, 1.82) is 0 Å². The predicted molar refractivity (Wildman–Crippen MR) is 102 cm³/mol. The first kappa shape index (κ1) is 20.3. The zero-order valence-electron chi connectivity index (χ0n) is 16.0. The van der Waals surface area contributed by atoms with Crippen LogP contribution in [0, 0.1) is 5.82 Å². The molecule has 0 fully saturated rings. The zero-order chi connectivity index (χ0) is 22.2. The van der Waals surface area contributed by atoms with E-state index in [9.17, 15) is 17.6 Å². The fourth-order valence-corrected chi connectivity index (χ4v) is 2.96. The van der Waals surface area contributed by atoms with Gasteiger partial charge < -0.3 is 10.5 Å². The van der Waals surface area contributed by atoms with Gasteiger partial charge in [0.25, 0.3) is 5.88 Å². The first-order chi connectivity index (χ1) is 14.8. The Kier molecular flexibility index (Phi) is 5.05. The van der Waals surface area contributed by atoms with Crippen molar-refractivity contribution in [2.45, 2.75) is 13.1 Å². The van der Waals surface area contributed by atoms with Crippen molar-refractivity contribution in [3.63, 3.8) is 0 Å². The second kappa shape index (κ2) is 7.70. The molecule has 0 saturated carbocycles. The lowest BCUT2D eigenvalue weighted by Gasteiger charge is -2.08. The summed E-state index contributed by atoms with van der Waals surface area (Å²) in [4.78, 5) is 8.01. The van der Waals surface area contributed by atoms with Gasteiger partial charge in [-0.05, 0) is 31.2 Å². The van der Waals surface area contributed by atoms with Crippen molar-refractivity contribution in [2.24, 2.45) is 0 Å². The minimum absolute atomic E-state index is 0.0125. The third kappa shape index (κ3) is 3.79. The van der Waals surface area contributed by atoms with E-state index in [1.807, 2.05) is 0 Å². The highest BCUT2D eigenvalue weighted by Gasteiger charge is 2.40. The molecule has 0 unspecified atom stereocenters. The first-order valence-corrected chi connectivity index (χ1v) is 9.00. The molecule has 31 heavy (non-hydrogen) atoms. The Hall–Kier alpha value is -3.96. The summed E-state index contributed by atoms with van der Waals surface area (Å²) in [6.45, 7) is 1.91. The van der Waals surface area contributed by atoms with Crippen LogP contribution in [-0.4, -0.2) is 36.1 Å². The summed E-state index contributed by atoms with van der Waals surface area (Å²) in [6.07, 6.45) is 0.391. The average molecular weight is 433 g/mol. The van der Waals surface area contributed by atoms with Crippen LogP contribution in [-0.2, 0) is 6.18 Å². The van der Waals surface area contributed by atoms with E-state index in [0.29, 0.717) is 5.69 Å². The molecule has 0 amide bonds. The van der Waals surface area contributed by atoms with E-state index in [1.54, 1.807) is 6.92 Å². The van der Waals surface area contributed by atoms with Crippen molar-refractivity contribution < 1.29 is 22.3 Å². The number of aromatic nitrogens is 6. The molecule has 4 aromatic rings. The van der Waals surface area contributed by atoms with Crippen LogP contribution in [0.3, 0.4) is 0 Å². The maximum atomic E-state index is 13.8. The number of nitrogens with two attached hydrogens (primary N) is 1. The molecule has 3 heterocycles. The van der Waals surface area contributed by atoms with Crippen molar-refractivity contribution >= 4 is 5.82 Å². The average Bonchev–Trinajstić information content (AvgIpc) is 3.34. The standard InChI is InChI=1S/C19H15F4N7O/c1-2-31-18-17(25-7-8-26-18)30-16(24)14(15(28-30)19(21,22)23)11-9-27-29(10-11)13-5-3-12(20)4-6-13/h3-10H,2,24H2,1H3. The topological polar surface area (TPSA) is 96.7 Å². The zero-order valence-corrected chi connectivity index (χ0v) is 16.0. The second-order valence-electron chi connectivity index (χ2n) is 6.29. The summed E-state index contributed by atoms with van der Waals surface area (Å²) in [7, 11) is 0. The van der Waals surface area contributed by atoms with Crippen molar-refractivity contribution in [3.05, 3.63) is 60.6 Å². The number of alkyl halides is 3. The summed E-state index contributed by atoms with van der Waals surface area (Å²) >= 11 is 0. The van der Waals surface area contributed by atoms with Crippen molar-refractivity contribution in [2.75, 3.05) is 12.3 Å². The molecule has 0 bridgehead atoms. The number of hydrogen-bond donors (Lipinski definition) is 1. The minimum atomic E-state index is -4.80. The SMILES string of the molecule is CCOc1nccnc1-n1nc(C(F)(F)F)c(-c2cnn(-c3ccc(F)cc3)c2)c1N. The first-order valence-electron chi connectivity index (χ1n) is 9.00. The molecule has 0 radical (unpaired) electrons. The molecular weight excluding hydrogens is 418 g/mol. The number of ether oxygens (including phenoxy) is 1. The van der Waals surface area contributed by atoms with E-state index >= 15 is 0 Å². The number of nitrogens with zero attached hydrogens (tertiary/aromatic N) is 6. The van der Waals surface area contributed by atoms with Gasteiger partial charge in [0.2, 0.25) is 5.82 Å². The molecule has 0 atom stereocenters. The van der Waals surface area contributed by atoms with Crippen LogP contribution in [0.4, 0.5) is 23.4 Å². The van der Waals surface area contributed by atoms with Gasteiger partial charge in [0, 0.05) is 24.2 Å². The van der Waals surface area contributed by atoms with Crippen LogP contribution in [0.2, 0.25) is 0 Å². The summed E-state index contributed by atoms with van der Waals surface area (Å²) < 4.78 is 62.0. The van der Waals surface area contributed by atoms with Gasteiger partial charge in [0.15, 0.2) is 5.69 Å². The summed E-state index contributed by atoms with van der Waals surface area (Å²) in [5.74, 6) is -0.853. The van der Waals surface area contributed by atoms with Crippen molar-refractivity contribution in [3.8, 4) is 28.5 Å². The maximum Gasteiger partial charge on any atom is 0.435 e. The van der Waals surface area contributed by atoms with E-state index < -0.39 is 17.7 Å². The molecule has 0 aliphatic heterocycles. The Morgan fingerprint density at radius 3 is 2.48 bits per heavy atom. The summed E-state index contributed by atoms with van der Waals surface area (Å²) in [6, 6.07) is 5.32. The molecule has 3 aromatic heterocycles. The molecule has 12 heteroatoms. The van der Waals surface area contributed by atoms with Gasteiger partial charge in [0.05, 0.1) is 24.1 Å². The normalized spacial score (nSPS) is 11.6. The van der Waals surface area contributed by atoms with Crippen LogP contribution in [0.15, 0.2) is 49.1 Å². The molecule has 0 spiro atoms. The molecule has 8 nitrogen and oxygen atoms in total. The number of halogens is 4. The van der Waals surface area contributed by atoms with Crippen LogP contribution >= 0.6 is 0 Å². The number of hydrogen-bond acceptors (Lipinski definition) is 6. The van der Waals surface area contributed by atoms with Crippen LogP contribution in [0.25, 0.3) is 22.6 Å². The van der Waals surface area contributed by atoms with E-state index in [-0.39, 0.29) is 35.2 Å². The number of anilines is 1. The fraction of sp³-hybridized carbons (Fsp3) is 0.158. The van der Waals surface area contributed by atoms with Gasteiger partial charge in [0.1, 0.15) is 11.6 Å². The molecular formula is C19H15F4N7O. The highest BCUT2D eigenvalue weighted by Crippen LogP contribution is 2.41. The second-order valence-corrected chi connectivity index (χ2v) is 6.29. The fourth-order valence-electron chi connectivity index (χ4n) is 2.96. The van der Waals surface area contributed by atoms with Gasteiger partial charge in [-0.25, -0.2) is 19.0 Å². The summed E-state index contributed by atoms with van der Waals surface area (Å²) in [5, 5.41) is 7.73. The summed E-state index contributed by atoms with van der Waals surface area (Å²) in [5.41, 5.74) is 5.04. The Bertz CT molecular complexity index is 1210.